The molecule has 0 saturated heterocycles. The molecule has 0 unspecified atom stereocenters. The van der Waals surface area contributed by atoms with Crippen LogP contribution in [0.3, 0.4) is 0 Å². The van der Waals surface area contributed by atoms with Crippen molar-refractivity contribution in [1.82, 2.24) is 10.2 Å². The van der Waals surface area contributed by atoms with Crippen LogP contribution in [0.15, 0.2) is 41.5 Å². The van der Waals surface area contributed by atoms with Crippen LogP contribution >= 0.6 is 0 Å². The van der Waals surface area contributed by atoms with Gasteiger partial charge in [0.1, 0.15) is 12.4 Å². The summed E-state index contributed by atoms with van der Waals surface area (Å²) >= 11 is 0. The van der Waals surface area contributed by atoms with Crippen LogP contribution in [0.1, 0.15) is 11.1 Å². The van der Waals surface area contributed by atoms with E-state index < -0.39 is 0 Å². The molecule has 3 aromatic rings. The number of nitrogens with zero attached hydrogens (tertiary/aromatic N) is 4. The number of azide groups is 1. The van der Waals surface area contributed by atoms with Crippen LogP contribution in [0.5, 0.6) is 17.2 Å². The van der Waals surface area contributed by atoms with Gasteiger partial charge in [0, 0.05) is 40.8 Å². The first-order valence-corrected chi connectivity index (χ1v) is 11.2. The Balaban J connectivity index is 1.28. The van der Waals surface area contributed by atoms with E-state index in [-0.39, 0.29) is 0 Å². The van der Waals surface area contributed by atoms with E-state index in [2.05, 4.69) is 25.5 Å². The normalized spacial score (nSPS) is 11.4. The van der Waals surface area contributed by atoms with Crippen LogP contribution in [0.2, 0.25) is 0 Å². The molecule has 1 heterocycles. The lowest BCUT2D eigenvalue weighted by molar-refractivity contribution is 0.0388. The molecule has 184 valence electrons. The lowest BCUT2D eigenvalue weighted by Crippen LogP contribution is -2.11. The van der Waals surface area contributed by atoms with Gasteiger partial charge >= 0.3 is 0 Å². The van der Waals surface area contributed by atoms with Crippen LogP contribution in [0.25, 0.3) is 21.7 Å². The lowest BCUT2D eigenvalue weighted by atomic mass is 10.1. The monoisotopic (exact) mass is 480 g/mol. The molecule has 11 nitrogen and oxygen atoms in total. The zero-order valence-electron chi connectivity index (χ0n) is 19.7. The van der Waals surface area contributed by atoms with Crippen LogP contribution in [0.4, 0.5) is 11.5 Å². The molecule has 0 saturated carbocycles. The molecule has 1 aliphatic carbocycles. The smallest absolute Gasteiger partial charge is 0.161 e. The summed E-state index contributed by atoms with van der Waals surface area (Å²) in [5, 5.41) is 14.4. The molecule has 11 heteroatoms. The second-order valence-corrected chi connectivity index (χ2v) is 7.65. The maximum absolute atomic E-state index is 8.19. The number of aromatic amines is 1. The molecule has 0 bridgehead atoms. The number of aromatic nitrogens is 2. The molecule has 0 spiro atoms. The molecule has 0 radical (unpaired) electrons. The standard InChI is InChI=1S/C24H28N6O5/c1-31-21-13-16-12-20-23(19(16)15-22(21)32-2)28-29-24(20)27-17-4-3-5-18(14-17)35-11-10-34-9-8-33-7-6-26-30-25/h3-5,13-15H,6-12H2,1-2H3,(H2,27,28,29). The predicted molar refractivity (Wildman–Crippen MR) is 131 cm³/mol. The highest BCUT2D eigenvalue weighted by Gasteiger charge is 2.26. The van der Waals surface area contributed by atoms with E-state index >= 15 is 0 Å². The minimum Gasteiger partial charge on any atom is -0.493 e. The van der Waals surface area contributed by atoms with E-state index in [0.717, 1.165) is 46.1 Å². The largest absolute Gasteiger partial charge is 0.493 e. The summed E-state index contributed by atoms with van der Waals surface area (Å²) in [5.74, 6) is 2.91. The van der Waals surface area contributed by atoms with Gasteiger partial charge in [-0.15, -0.1) is 0 Å². The topological polar surface area (TPSA) is 136 Å². The van der Waals surface area contributed by atoms with Crippen molar-refractivity contribution >= 4 is 11.5 Å². The molecule has 1 aromatic heterocycles. The molecular formula is C24H28N6O5. The average molecular weight is 481 g/mol. The summed E-state index contributed by atoms with van der Waals surface area (Å²) in [6, 6.07) is 11.7. The van der Waals surface area contributed by atoms with Gasteiger partial charge in [-0.1, -0.05) is 11.2 Å². The first-order valence-electron chi connectivity index (χ1n) is 11.2. The number of anilines is 2. The maximum atomic E-state index is 8.19. The highest BCUT2D eigenvalue weighted by atomic mass is 16.5. The Hall–Kier alpha value is -3.92. The van der Waals surface area contributed by atoms with E-state index in [0.29, 0.717) is 51.1 Å². The fourth-order valence-corrected chi connectivity index (χ4v) is 3.84. The molecular weight excluding hydrogens is 452 g/mol. The van der Waals surface area contributed by atoms with Gasteiger partial charge in [-0.3, -0.25) is 5.10 Å². The van der Waals surface area contributed by atoms with Crippen molar-refractivity contribution in [3.05, 3.63) is 58.0 Å². The number of benzene rings is 2. The van der Waals surface area contributed by atoms with Gasteiger partial charge in [-0.05, 0) is 35.4 Å². The summed E-state index contributed by atoms with van der Waals surface area (Å²) < 4.78 is 27.5. The van der Waals surface area contributed by atoms with Gasteiger partial charge < -0.3 is 29.0 Å². The molecule has 2 aromatic carbocycles. The first kappa shape index (κ1) is 24.2. The Labute approximate surface area is 202 Å². The van der Waals surface area contributed by atoms with Crippen molar-refractivity contribution < 1.29 is 23.7 Å². The quantitative estimate of drug-likeness (QED) is 0.118. The third-order valence-electron chi connectivity index (χ3n) is 5.48. The van der Waals surface area contributed by atoms with Crippen molar-refractivity contribution in [2.24, 2.45) is 5.11 Å². The summed E-state index contributed by atoms with van der Waals surface area (Å²) in [4.78, 5) is 2.66. The third kappa shape index (κ3) is 5.96. The molecule has 35 heavy (non-hydrogen) atoms. The van der Waals surface area contributed by atoms with E-state index in [1.165, 1.54) is 0 Å². The molecule has 0 amide bonds. The molecule has 0 aliphatic heterocycles. The van der Waals surface area contributed by atoms with Gasteiger partial charge in [0.2, 0.25) is 0 Å². The van der Waals surface area contributed by atoms with Gasteiger partial charge in [0.25, 0.3) is 0 Å². The maximum Gasteiger partial charge on any atom is 0.161 e. The van der Waals surface area contributed by atoms with E-state index in [1.807, 2.05) is 36.4 Å². The SMILES string of the molecule is COc1cc2c(cc1OC)-c1[nH]nc(Nc3cccc(OCCOCCOCCN=[N+]=[N-])c3)c1C2. The Kier molecular flexibility index (Phi) is 8.29. The van der Waals surface area contributed by atoms with Gasteiger partial charge in [-0.25, -0.2) is 0 Å². The number of ether oxygens (including phenoxy) is 5. The van der Waals surface area contributed by atoms with Crippen LogP contribution in [0, 0.1) is 0 Å². The Bertz CT molecular complexity index is 1190. The number of nitrogens with one attached hydrogen (secondary N) is 2. The lowest BCUT2D eigenvalue weighted by Gasteiger charge is -2.10. The third-order valence-corrected chi connectivity index (χ3v) is 5.48. The fraction of sp³-hybridized carbons (Fsp3) is 0.375. The number of methoxy groups -OCH3 is 2. The van der Waals surface area contributed by atoms with Crippen LogP contribution in [-0.2, 0) is 15.9 Å². The second kappa shape index (κ2) is 12.0. The van der Waals surface area contributed by atoms with E-state index in [1.54, 1.807) is 14.2 Å². The molecule has 1 aliphatic rings. The Morgan fingerprint density at radius 1 is 1.03 bits per heavy atom. The first-order chi connectivity index (χ1) is 17.2. The number of hydrogen-bond acceptors (Lipinski definition) is 8. The van der Waals surface area contributed by atoms with Crippen molar-refractivity contribution in [3.8, 4) is 28.5 Å². The minimum atomic E-state index is 0.321. The molecule has 4 rings (SSSR count). The summed E-state index contributed by atoms with van der Waals surface area (Å²) in [5.41, 5.74) is 13.4. The van der Waals surface area contributed by atoms with E-state index in [9.17, 15) is 0 Å². The number of fused-ring (bicyclic) bond motifs is 3. The second-order valence-electron chi connectivity index (χ2n) is 7.65. The fourth-order valence-electron chi connectivity index (χ4n) is 3.84. The van der Waals surface area contributed by atoms with Gasteiger partial charge in [0.05, 0.1) is 46.3 Å². The summed E-state index contributed by atoms with van der Waals surface area (Å²) in [7, 11) is 3.27. The van der Waals surface area contributed by atoms with Gasteiger partial charge in [-0.2, -0.15) is 5.10 Å². The highest BCUT2D eigenvalue weighted by Crippen LogP contribution is 2.44. The molecule has 0 atom stereocenters. The van der Waals surface area contributed by atoms with E-state index in [4.69, 9.17) is 29.2 Å². The van der Waals surface area contributed by atoms with Crippen molar-refractivity contribution in [3.63, 3.8) is 0 Å². The summed E-state index contributed by atoms with van der Waals surface area (Å²) in [6.07, 6.45) is 0.743. The molecule has 0 fully saturated rings. The van der Waals surface area contributed by atoms with Crippen molar-refractivity contribution in [2.75, 3.05) is 59.1 Å². The zero-order chi connectivity index (χ0) is 24.5. The van der Waals surface area contributed by atoms with Crippen LogP contribution in [-0.4, -0.2) is 64.0 Å². The minimum absolute atomic E-state index is 0.321. The highest BCUT2D eigenvalue weighted by molar-refractivity contribution is 5.81. The number of H-pyrrole nitrogens is 1. The summed E-state index contributed by atoms with van der Waals surface area (Å²) in [6.45, 7) is 2.46. The van der Waals surface area contributed by atoms with Crippen molar-refractivity contribution in [2.45, 2.75) is 6.42 Å². The number of rotatable bonds is 14. The Morgan fingerprint density at radius 2 is 1.80 bits per heavy atom. The predicted octanol–water partition coefficient (Wildman–Crippen LogP) is 4.46. The van der Waals surface area contributed by atoms with Gasteiger partial charge in [0.15, 0.2) is 17.3 Å². The zero-order valence-corrected chi connectivity index (χ0v) is 19.7. The van der Waals surface area contributed by atoms with Crippen molar-refractivity contribution in [1.29, 1.82) is 0 Å². The Morgan fingerprint density at radius 3 is 2.60 bits per heavy atom. The van der Waals surface area contributed by atoms with Crippen LogP contribution < -0.4 is 19.5 Å². The average Bonchev–Trinajstić information content (AvgIpc) is 3.43. The molecule has 2 N–H and O–H groups in total. The number of hydrogen-bond donors (Lipinski definition) is 2.